The van der Waals surface area contributed by atoms with Gasteiger partial charge in [0.2, 0.25) is 0 Å². The second kappa shape index (κ2) is 12.7. The van der Waals surface area contributed by atoms with Gasteiger partial charge in [-0.2, -0.15) is 0 Å². The molecule has 0 aromatic carbocycles. The lowest BCUT2D eigenvalue weighted by atomic mass is 9.43. The van der Waals surface area contributed by atoms with Crippen molar-refractivity contribution in [1.82, 2.24) is 0 Å². The highest BCUT2D eigenvalue weighted by Gasteiger charge is 2.72. The third-order valence-electron chi connectivity index (χ3n) is 13.2. The Hall–Kier alpha value is -0.660. The molecule has 10 nitrogen and oxygen atoms in total. The molecule has 1 aliphatic heterocycles. The fourth-order valence-corrected chi connectivity index (χ4v) is 10.6. The molecule has 1 heterocycles. The normalized spacial score (nSPS) is 51.0. The standard InChI is InChI=1S/C34H58O10/c1-17(19(3)15-35)7-8-18(2)25-27(39)28(40)30-33(25,5)12-10-24-32(4)11-9-20(13-21(32)22(36)14-34(24,30)41)44-31-29(42-6)26(38)23(37)16-43-31/h13,17-20,22-31,35-41H,7-12,14-16H2,1-6H3/t17?,18-,19?,20+,22-,23-,24?,25+,26+,27-,28+,29-,30?,31+,32+,33-,34+/m1/s1. The highest BCUT2D eigenvalue weighted by atomic mass is 16.7. The number of hydrogen-bond acceptors (Lipinski definition) is 10. The molecule has 0 bridgehead atoms. The topological polar surface area (TPSA) is 169 Å². The minimum absolute atomic E-state index is 0.0703. The van der Waals surface area contributed by atoms with E-state index < -0.39 is 71.4 Å². The number of hydrogen-bond donors (Lipinski definition) is 7. The summed E-state index contributed by atoms with van der Waals surface area (Å²) in [7, 11) is 1.43. The van der Waals surface area contributed by atoms with Crippen LogP contribution in [0.1, 0.15) is 79.6 Å². The SMILES string of the molecule is CO[C@H]1[C@H](O[C@@H]2C=C3[C@H](O)C[C@]4(O)C(CC[C@@]5(C)C4[C@@H](O)[C@H](O)[C@@H]5[C@H](C)CCC(C)C(C)CO)[C@@]3(C)CC2)OC[C@@H](O)[C@@H]1O. The first-order valence-electron chi connectivity index (χ1n) is 16.9. The van der Waals surface area contributed by atoms with Gasteiger partial charge < -0.3 is 50.0 Å². The highest BCUT2D eigenvalue weighted by molar-refractivity contribution is 5.33. The quantitative estimate of drug-likeness (QED) is 0.187. The minimum Gasteiger partial charge on any atom is -0.396 e. The Morgan fingerprint density at radius 1 is 0.955 bits per heavy atom. The van der Waals surface area contributed by atoms with Crippen LogP contribution in [0, 0.1) is 46.3 Å². The van der Waals surface area contributed by atoms with E-state index in [4.69, 9.17) is 14.2 Å². The lowest BCUT2D eigenvalue weighted by Crippen LogP contribution is -2.66. The maximum atomic E-state index is 12.7. The number of rotatable bonds is 9. The van der Waals surface area contributed by atoms with Crippen molar-refractivity contribution in [2.45, 2.75) is 134 Å². The van der Waals surface area contributed by atoms with Crippen molar-refractivity contribution in [2.24, 2.45) is 46.3 Å². The van der Waals surface area contributed by atoms with E-state index in [2.05, 4.69) is 27.7 Å². The first kappa shape index (κ1) is 34.7. The molecule has 0 aromatic rings. The van der Waals surface area contributed by atoms with Crippen LogP contribution in [0.4, 0.5) is 0 Å². The van der Waals surface area contributed by atoms with Crippen molar-refractivity contribution >= 4 is 0 Å². The van der Waals surface area contributed by atoms with E-state index in [9.17, 15) is 35.7 Å². The van der Waals surface area contributed by atoms with Gasteiger partial charge in [0.1, 0.15) is 18.3 Å². The van der Waals surface area contributed by atoms with Crippen LogP contribution in [0.2, 0.25) is 0 Å². The molecule has 254 valence electrons. The zero-order valence-electron chi connectivity index (χ0n) is 27.4. The highest BCUT2D eigenvalue weighted by Crippen LogP contribution is 2.69. The summed E-state index contributed by atoms with van der Waals surface area (Å²) in [5.41, 5.74) is -1.55. The Kier molecular flexibility index (Phi) is 10.0. The fourth-order valence-electron chi connectivity index (χ4n) is 10.6. The Balaban J connectivity index is 1.36. The van der Waals surface area contributed by atoms with E-state index in [1.807, 2.05) is 13.0 Å². The van der Waals surface area contributed by atoms with Gasteiger partial charge in [-0.1, -0.05) is 53.5 Å². The molecule has 5 rings (SSSR count). The molecular formula is C34H58O10. The van der Waals surface area contributed by atoms with E-state index in [0.29, 0.717) is 18.8 Å². The summed E-state index contributed by atoms with van der Waals surface area (Å²) >= 11 is 0. The molecule has 0 radical (unpaired) electrons. The van der Waals surface area contributed by atoms with Crippen molar-refractivity contribution < 1.29 is 50.0 Å². The smallest absolute Gasteiger partial charge is 0.187 e. The zero-order valence-corrected chi connectivity index (χ0v) is 27.4. The number of fused-ring (bicyclic) bond motifs is 5. The number of methoxy groups -OCH3 is 1. The molecule has 17 atom stereocenters. The molecule has 10 heteroatoms. The van der Waals surface area contributed by atoms with E-state index in [1.165, 1.54) is 7.11 Å². The van der Waals surface area contributed by atoms with Crippen molar-refractivity contribution in [3.05, 3.63) is 11.6 Å². The lowest BCUT2D eigenvalue weighted by Gasteiger charge is -2.64. The number of aliphatic hydroxyl groups is 7. The summed E-state index contributed by atoms with van der Waals surface area (Å²) in [5.74, 6) is -0.309. The predicted molar refractivity (Wildman–Crippen MR) is 162 cm³/mol. The van der Waals surface area contributed by atoms with Gasteiger partial charge in [-0.3, -0.25) is 0 Å². The molecule has 0 amide bonds. The van der Waals surface area contributed by atoms with Crippen molar-refractivity contribution in [1.29, 1.82) is 0 Å². The second-order valence-electron chi connectivity index (χ2n) is 15.7. The van der Waals surface area contributed by atoms with Gasteiger partial charge in [0.15, 0.2) is 6.29 Å². The Morgan fingerprint density at radius 2 is 1.66 bits per heavy atom. The van der Waals surface area contributed by atoms with Gasteiger partial charge in [0.25, 0.3) is 0 Å². The lowest BCUT2D eigenvalue weighted by molar-refractivity contribution is -0.285. The van der Waals surface area contributed by atoms with Crippen molar-refractivity contribution in [3.63, 3.8) is 0 Å². The van der Waals surface area contributed by atoms with Crippen LogP contribution in [-0.2, 0) is 14.2 Å². The molecule has 44 heavy (non-hydrogen) atoms. The van der Waals surface area contributed by atoms with Crippen molar-refractivity contribution in [3.8, 4) is 0 Å². The summed E-state index contributed by atoms with van der Waals surface area (Å²) in [6.45, 7) is 10.6. The van der Waals surface area contributed by atoms with Gasteiger partial charge in [-0.25, -0.2) is 0 Å². The van der Waals surface area contributed by atoms with Crippen LogP contribution in [0.15, 0.2) is 11.6 Å². The molecule has 1 saturated heterocycles. The molecule has 4 aliphatic carbocycles. The van der Waals surface area contributed by atoms with Crippen LogP contribution in [0.3, 0.4) is 0 Å². The summed E-state index contributed by atoms with van der Waals surface area (Å²) in [6, 6.07) is 0. The van der Waals surface area contributed by atoms with Gasteiger partial charge in [0, 0.05) is 26.1 Å². The van der Waals surface area contributed by atoms with E-state index in [0.717, 1.165) is 31.3 Å². The average Bonchev–Trinajstić information content (AvgIpc) is 3.18. The van der Waals surface area contributed by atoms with Crippen molar-refractivity contribution in [2.75, 3.05) is 20.3 Å². The third kappa shape index (κ3) is 5.53. The molecular weight excluding hydrogens is 568 g/mol. The minimum atomic E-state index is -1.35. The number of ether oxygens (including phenoxy) is 3. The first-order chi connectivity index (χ1) is 20.6. The monoisotopic (exact) mass is 626 g/mol. The van der Waals surface area contributed by atoms with Gasteiger partial charge in [0.05, 0.1) is 36.6 Å². The number of aliphatic hydroxyl groups excluding tert-OH is 6. The van der Waals surface area contributed by atoms with E-state index >= 15 is 0 Å². The Bertz CT molecular complexity index is 1040. The van der Waals surface area contributed by atoms with E-state index in [-0.39, 0.29) is 43.3 Å². The Morgan fingerprint density at radius 3 is 2.32 bits per heavy atom. The van der Waals surface area contributed by atoms with Gasteiger partial charge >= 0.3 is 0 Å². The van der Waals surface area contributed by atoms with E-state index in [1.54, 1.807) is 0 Å². The maximum absolute atomic E-state index is 12.7. The van der Waals surface area contributed by atoms with Gasteiger partial charge in [-0.15, -0.1) is 0 Å². The Labute approximate surface area is 262 Å². The first-order valence-corrected chi connectivity index (χ1v) is 16.9. The van der Waals surface area contributed by atoms with Crippen LogP contribution >= 0.6 is 0 Å². The molecule has 0 spiro atoms. The van der Waals surface area contributed by atoms with Crippen LogP contribution in [0.5, 0.6) is 0 Å². The average molecular weight is 627 g/mol. The van der Waals surface area contributed by atoms with Crippen LogP contribution < -0.4 is 0 Å². The second-order valence-corrected chi connectivity index (χ2v) is 15.7. The maximum Gasteiger partial charge on any atom is 0.187 e. The predicted octanol–water partition coefficient (Wildman–Crippen LogP) is 1.75. The largest absolute Gasteiger partial charge is 0.396 e. The van der Waals surface area contributed by atoms with Crippen LogP contribution in [-0.4, -0.2) is 111 Å². The summed E-state index contributed by atoms with van der Waals surface area (Å²) < 4.78 is 17.3. The summed E-state index contributed by atoms with van der Waals surface area (Å²) in [5, 5.41) is 77.4. The van der Waals surface area contributed by atoms with Gasteiger partial charge in [-0.05, 0) is 71.7 Å². The molecule has 7 N–H and O–H groups in total. The fraction of sp³-hybridized carbons (Fsp3) is 0.941. The molecule has 5 aliphatic rings. The van der Waals surface area contributed by atoms with Crippen LogP contribution in [0.25, 0.3) is 0 Å². The molecule has 4 unspecified atom stereocenters. The molecule has 4 fully saturated rings. The molecule has 0 aromatic heterocycles. The third-order valence-corrected chi connectivity index (χ3v) is 13.2. The summed E-state index contributed by atoms with van der Waals surface area (Å²) in [4.78, 5) is 0. The summed E-state index contributed by atoms with van der Waals surface area (Å²) in [6.07, 6.45) is -0.804. The molecule has 3 saturated carbocycles. The zero-order chi connectivity index (χ0) is 32.4.